The van der Waals surface area contributed by atoms with Crippen LogP contribution in [0.2, 0.25) is 0 Å². The monoisotopic (exact) mass is 483 g/mol. The van der Waals surface area contributed by atoms with Crippen LogP contribution in [0.5, 0.6) is 0 Å². The molecule has 38 heavy (non-hydrogen) atoms. The first kappa shape index (κ1) is 20.0. The third-order valence-electron chi connectivity index (χ3n) is 8.14. The van der Waals surface area contributed by atoms with Gasteiger partial charge in [0, 0.05) is 44.2 Å². The van der Waals surface area contributed by atoms with E-state index in [-0.39, 0.29) is 0 Å². The standard InChI is InChI=1S/C35H21N3/c1-2-7-24(8-3-1)37-32-15-13-22(19-29(32)26-17-18-36-21-34(26)37)23-14-16-33-30(20-23)28-11-6-10-27-25-9-4-5-12-31(25)38(33)35(27)28/h1-21H. The second-order valence-electron chi connectivity index (χ2n) is 10.1. The van der Waals surface area contributed by atoms with Gasteiger partial charge in [-0.2, -0.15) is 0 Å². The molecular weight excluding hydrogens is 462 g/mol. The summed E-state index contributed by atoms with van der Waals surface area (Å²) in [7, 11) is 0. The molecule has 0 aliphatic carbocycles. The van der Waals surface area contributed by atoms with Crippen molar-refractivity contribution in [2.24, 2.45) is 0 Å². The molecule has 0 aliphatic rings. The first-order valence-electron chi connectivity index (χ1n) is 13.0. The molecule has 0 saturated carbocycles. The molecule has 3 nitrogen and oxygen atoms in total. The van der Waals surface area contributed by atoms with E-state index >= 15 is 0 Å². The molecule has 0 unspecified atom stereocenters. The molecule has 0 aliphatic heterocycles. The van der Waals surface area contributed by atoms with E-state index < -0.39 is 0 Å². The van der Waals surface area contributed by atoms with Crippen LogP contribution < -0.4 is 0 Å². The smallest absolute Gasteiger partial charge is 0.0724 e. The highest BCUT2D eigenvalue weighted by molar-refractivity contribution is 6.23. The highest BCUT2D eigenvalue weighted by atomic mass is 15.0. The van der Waals surface area contributed by atoms with Gasteiger partial charge in [-0.25, -0.2) is 0 Å². The van der Waals surface area contributed by atoms with Crippen molar-refractivity contribution >= 4 is 59.9 Å². The lowest BCUT2D eigenvalue weighted by atomic mass is 10.00. The first-order valence-corrected chi connectivity index (χ1v) is 13.0. The van der Waals surface area contributed by atoms with Crippen molar-refractivity contribution in [3.63, 3.8) is 0 Å². The fraction of sp³-hybridized carbons (Fsp3) is 0. The quantitative estimate of drug-likeness (QED) is 0.240. The summed E-state index contributed by atoms with van der Waals surface area (Å²) in [6, 6.07) is 41.8. The average molecular weight is 484 g/mol. The van der Waals surface area contributed by atoms with Crippen molar-refractivity contribution in [2.75, 3.05) is 0 Å². The van der Waals surface area contributed by atoms with Crippen LogP contribution in [0.3, 0.4) is 0 Å². The van der Waals surface area contributed by atoms with Crippen LogP contribution in [0.25, 0.3) is 76.7 Å². The number of benzene rings is 5. The fourth-order valence-electron chi connectivity index (χ4n) is 6.52. The summed E-state index contributed by atoms with van der Waals surface area (Å²) in [5.74, 6) is 0. The summed E-state index contributed by atoms with van der Waals surface area (Å²) in [5.41, 5.74) is 9.75. The van der Waals surface area contributed by atoms with Crippen molar-refractivity contribution in [3.05, 3.63) is 128 Å². The molecule has 3 heteroatoms. The molecule has 176 valence electrons. The van der Waals surface area contributed by atoms with E-state index in [2.05, 4.69) is 129 Å². The van der Waals surface area contributed by atoms with Crippen LogP contribution in [-0.2, 0) is 0 Å². The van der Waals surface area contributed by atoms with Crippen molar-refractivity contribution in [3.8, 4) is 16.8 Å². The third kappa shape index (κ3) is 2.50. The highest BCUT2D eigenvalue weighted by Gasteiger charge is 2.18. The van der Waals surface area contributed by atoms with Gasteiger partial charge in [-0.1, -0.05) is 66.7 Å². The maximum atomic E-state index is 4.45. The number of pyridine rings is 1. The van der Waals surface area contributed by atoms with Crippen LogP contribution in [0.1, 0.15) is 0 Å². The van der Waals surface area contributed by atoms with Gasteiger partial charge >= 0.3 is 0 Å². The number of nitrogens with zero attached hydrogens (tertiary/aromatic N) is 3. The Morgan fingerprint density at radius 3 is 1.92 bits per heavy atom. The minimum atomic E-state index is 1.12. The molecule has 5 aromatic carbocycles. The van der Waals surface area contributed by atoms with Gasteiger partial charge in [0.25, 0.3) is 0 Å². The Bertz CT molecular complexity index is 2340. The molecule has 4 heterocycles. The molecule has 0 amide bonds. The maximum Gasteiger partial charge on any atom is 0.0724 e. The number of rotatable bonds is 2. The zero-order chi connectivity index (χ0) is 24.8. The van der Waals surface area contributed by atoms with Crippen molar-refractivity contribution < 1.29 is 0 Å². The minimum Gasteiger partial charge on any atom is -0.308 e. The van der Waals surface area contributed by atoms with Crippen LogP contribution >= 0.6 is 0 Å². The van der Waals surface area contributed by atoms with Gasteiger partial charge in [-0.3, -0.25) is 4.98 Å². The van der Waals surface area contributed by atoms with Crippen LogP contribution in [0.15, 0.2) is 128 Å². The Labute approximate surface area is 218 Å². The predicted octanol–water partition coefficient (Wildman–Crippen LogP) is 9.00. The molecule has 0 atom stereocenters. The number of hydrogen-bond acceptors (Lipinski definition) is 1. The van der Waals surface area contributed by atoms with E-state index in [1.54, 1.807) is 0 Å². The molecule has 0 radical (unpaired) electrons. The number of fused-ring (bicyclic) bond motifs is 9. The zero-order valence-corrected chi connectivity index (χ0v) is 20.5. The molecule has 0 fully saturated rings. The lowest BCUT2D eigenvalue weighted by Crippen LogP contribution is -1.93. The van der Waals surface area contributed by atoms with Gasteiger partial charge in [0.15, 0.2) is 0 Å². The zero-order valence-electron chi connectivity index (χ0n) is 20.5. The first-order chi connectivity index (χ1) is 18.9. The minimum absolute atomic E-state index is 1.12. The van der Waals surface area contributed by atoms with E-state index in [1.165, 1.54) is 65.5 Å². The van der Waals surface area contributed by atoms with Crippen LogP contribution in [0, 0.1) is 0 Å². The SMILES string of the molecule is c1ccc(-n2c3ccc(-c4ccc5c(c4)c4cccc6c7ccccc7n5c64)cc3c3ccncc32)cc1. The van der Waals surface area contributed by atoms with Gasteiger partial charge in [0.05, 0.1) is 33.8 Å². The number of para-hydroxylation sites is 3. The third-order valence-corrected chi connectivity index (χ3v) is 8.14. The summed E-state index contributed by atoms with van der Waals surface area (Å²) < 4.78 is 4.74. The highest BCUT2D eigenvalue weighted by Crippen LogP contribution is 2.41. The number of aromatic nitrogens is 3. The Morgan fingerprint density at radius 2 is 1.08 bits per heavy atom. The normalized spacial score (nSPS) is 12.2. The summed E-state index contributed by atoms with van der Waals surface area (Å²) in [6.07, 6.45) is 3.86. The van der Waals surface area contributed by atoms with E-state index in [1.807, 2.05) is 12.4 Å². The van der Waals surface area contributed by atoms with Gasteiger partial charge in [0.1, 0.15) is 0 Å². The van der Waals surface area contributed by atoms with E-state index in [0.29, 0.717) is 0 Å². The Balaban J connectivity index is 1.31. The Kier molecular flexibility index (Phi) is 3.79. The lowest BCUT2D eigenvalue weighted by Gasteiger charge is -2.08. The van der Waals surface area contributed by atoms with Gasteiger partial charge < -0.3 is 8.97 Å². The lowest BCUT2D eigenvalue weighted by molar-refractivity contribution is 1.17. The van der Waals surface area contributed by atoms with Crippen LogP contribution in [0.4, 0.5) is 0 Å². The summed E-state index contributed by atoms with van der Waals surface area (Å²) >= 11 is 0. The number of hydrogen-bond donors (Lipinski definition) is 0. The van der Waals surface area contributed by atoms with Crippen molar-refractivity contribution in [1.82, 2.24) is 14.0 Å². The molecule has 4 aromatic heterocycles. The second-order valence-corrected chi connectivity index (χ2v) is 10.1. The summed E-state index contributed by atoms with van der Waals surface area (Å²) in [5, 5.41) is 7.69. The van der Waals surface area contributed by atoms with Crippen molar-refractivity contribution in [1.29, 1.82) is 0 Å². The molecule has 0 saturated heterocycles. The van der Waals surface area contributed by atoms with Crippen LogP contribution in [-0.4, -0.2) is 14.0 Å². The second kappa shape index (κ2) is 7.21. The fourth-order valence-corrected chi connectivity index (χ4v) is 6.52. The van der Waals surface area contributed by atoms with E-state index in [0.717, 1.165) is 11.2 Å². The molecule has 0 N–H and O–H groups in total. The van der Waals surface area contributed by atoms with E-state index in [9.17, 15) is 0 Å². The summed E-state index contributed by atoms with van der Waals surface area (Å²) in [4.78, 5) is 4.45. The molecule has 9 aromatic rings. The molecule has 0 spiro atoms. The van der Waals surface area contributed by atoms with Gasteiger partial charge in [-0.15, -0.1) is 0 Å². The Morgan fingerprint density at radius 1 is 0.447 bits per heavy atom. The van der Waals surface area contributed by atoms with Crippen molar-refractivity contribution in [2.45, 2.75) is 0 Å². The maximum absolute atomic E-state index is 4.45. The summed E-state index contributed by atoms with van der Waals surface area (Å²) in [6.45, 7) is 0. The average Bonchev–Trinajstić information content (AvgIpc) is 3.62. The van der Waals surface area contributed by atoms with E-state index in [4.69, 9.17) is 0 Å². The largest absolute Gasteiger partial charge is 0.308 e. The molecular formula is C35H21N3. The topological polar surface area (TPSA) is 22.2 Å². The predicted molar refractivity (Wildman–Crippen MR) is 159 cm³/mol. The van der Waals surface area contributed by atoms with Gasteiger partial charge in [0.2, 0.25) is 0 Å². The molecule has 9 rings (SSSR count). The Hall–Kier alpha value is -5.15. The molecule has 0 bridgehead atoms. The van der Waals surface area contributed by atoms with Gasteiger partial charge in [-0.05, 0) is 59.7 Å².